The predicted octanol–water partition coefficient (Wildman–Crippen LogP) is 5.86. The molecule has 1 aromatic carbocycles. The van der Waals surface area contributed by atoms with Crippen LogP contribution >= 0.6 is 11.6 Å². The number of hydrogen-bond donors (Lipinski definition) is 0. The first-order chi connectivity index (χ1) is 13.3. The number of ether oxygens (including phenoxy) is 2. The van der Waals surface area contributed by atoms with Crippen LogP contribution in [0.5, 0.6) is 0 Å². The molecule has 0 atom stereocenters. The van der Waals surface area contributed by atoms with Crippen LogP contribution in [0.25, 0.3) is 11.0 Å². The first-order valence-corrected chi connectivity index (χ1v) is 13.5. The summed E-state index contributed by atoms with van der Waals surface area (Å²) in [6, 6.07) is 12.9. The van der Waals surface area contributed by atoms with E-state index >= 15 is 0 Å². The van der Waals surface area contributed by atoms with Gasteiger partial charge in [0.25, 0.3) is 0 Å². The van der Waals surface area contributed by atoms with E-state index in [1.807, 2.05) is 41.0 Å². The summed E-state index contributed by atoms with van der Waals surface area (Å²) in [4.78, 5) is 4.17. The Balaban J connectivity index is 1.76. The summed E-state index contributed by atoms with van der Waals surface area (Å²) in [7, 11) is -1.18. The SMILES string of the molecule is C[Si](C)(C)CCOCn1c(COCc2ccccc2)cc2ncc(F)c(Cl)c21. The van der Waals surface area contributed by atoms with Gasteiger partial charge in [-0.05, 0) is 17.7 Å². The second-order valence-corrected chi connectivity index (χ2v) is 14.0. The van der Waals surface area contributed by atoms with Gasteiger partial charge in [-0.3, -0.25) is 4.98 Å². The number of aromatic nitrogens is 2. The van der Waals surface area contributed by atoms with Gasteiger partial charge >= 0.3 is 0 Å². The van der Waals surface area contributed by atoms with Gasteiger partial charge in [0.15, 0.2) is 5.82 Å². The van der Waals surface area contributed by atoms with Gasteiger partial charge in [0.2, 0.25) is 0 Å². The van der Waals surface area contributed by atoms with Crippen LogP contribution in [0.1, 0.15) is 11.3 Å². The zero-order valence-electron chi connectivity index (χ0n) is 16.5. The van der Waals surface area contributed by atoms with Crippen molar-refractivity contribution in [3.8, 4) is 0 Å². The molecule has 0 aliphatic carbocycles. The third-order valence-electron chi connectivity index (χ3n) is 4.48. The summed E-state index contributed by atoms with van der Waals surface area (Å²) < 4.78 is 27.6. The van der Waals surface area contributed by atoms with Crippen molar-refractivity contribution in [2.45, 2.75) is 45.6 Å². The standard InChI is InChI=1S/C21H26ClFN2O2Si/c1-28(2,3)10-9-26-15-25-17(14-27-13-16-7-5-4-6-8-16)11-19-21(25)20(22)18(23)12-24-19/h4-8,11-12H,9-10,13-15H2,1-3H3. The van der Waals surface area contributed by atoms with Crippen molar-refractivity contribution in [2.24, 2.45) is 0 Å². The summed E-state index contributed by atoms with van der Waals surface area (Å²) in [5.41, 5.74) is 3.14. The van der Waals surface area contributed by atoms with E-state index in [9.17, 15) is 4.39 Å². The summed E-state index contributed by atoms with van der Waals surface area (Å²) in [6.07, 6.45) is 1.15. The van der Waals surface area contributed by atoms with Crippen LogP contribution in [0.4, 0.5) is 4.39 Å². The minimum Gasteiger partial charge on any atom is -0.371 e. The average Bonchev–Trinajstić information content (AvgIpc) is 3.00. The maximum Gasteiger partial charge on any atom is 0.162 e. The van der Waals surface area contributed by atoms with Gasteiger partial charge < -0.3 is 14.0 Å². The van der Waals surface area contributed by atoms with E-state index in [4.69, 9.17) is 21.1 Å². The summed E-state index contributed by atoms with van der Waals surface area (Å²) in [5, 5.41) is 0.0631. The van der Waals surface area contributed by atoms with Gasteiger partial charge in [0.05, 0.1) is 30.4 Å². The first kappa shape index (κ1) is 21.0. The van der Waals surface area contributed by atoms with Crippen LogP contribution in [0.2, 0.25) is 30.7 Å². The van der Waals surface area contributed by atoms with Gasteiger partial charge in [0, 0.05) is 20.4 Å². The number of nitrogens with zero attached hydrogens (tertiary/aromatic N) is 2. The number of benzene rings is 1. The van der Waals surface area contributed by atoms with Crippen molar-refractivity contribution < 1.29 is 13.9 Å². The van der Waals surface area contributed by atoms with Crippen LogP contribution in [0, 0.1) is 5.82 Å². The van der Waals surface area contributed by atoms with Gasteiger partial charge in [-0.2, -0.15) is 0 Å². The molecule has 0 saturated carbocycles. The lowest BCUT2D eigenvalue weighted by Crippen LogP contribution is -2.22. The molecule has 3 aromatic rings. The van der Waals surface area contributed by atoms with Crippen molar-refractivity contribution in [2.75, 3.05) is 6.61 Å². The maximum atomic E-state index is 14.0. The molecule has 0 amide bonds. The van der Waals surface area contributed by atoms with Crippen molar-refractivity contribution in [3.63, 3.8) is 0 Å². The second-order valence-electron chi connectivity index (χ2n) is 8.04. The van der Waals surface area contributed by atoms with Gasteiger partial charge in [-0.15, -0.1) is 0 Å². The molecule has 0 fully saturated rings. The highest BCUT2D eigenvalue weighted by Crippen LogP contribution is 2.28. The van der Waals surface area contributed by atoms with Crippen LogP contribution in [0.15, 0.2) is 42.6 Å². The van der Waals surface area contributed by atoms with E-state index in [0.29, 0.717) is 37.6 Å². The maximum absolute atomic E-state index is 14.0. The molecule has 28 heavy (non-hydrogen) atoms. The Morgan fingerprint density at radius 2 is 1.86 bits per heavy atom. The van der Waals surface area contributed by atoms with Crippen molar-refractivity contribution in [1.82, 2.24) is 9.55 Å². The lowest BCUT2D eigenvalue weighted by molar-refractivity contribution is 0.0716. The summed E-state index contributed by atoms with van der Waals surface area (Å²) in [6.45, 7) is 8.74. The van der Waals surface area contributed by atoms with Crippen molar-refractivity contribution in [1.29, 1.82) is 0 Å². The quantitative estimate of drug-likeness (QED) is 0.321. The average molecular weight is 421 g/mol. The molecule has 0 unspecified atom stereocenters. The lowest BCUT2D eigenvalue weighted by atomic mass is 10.2. The molecule has 2 heterocycles. The van der Waals surface area contributed by atoms with Crippen LogP contribution in [-0.4, -0.2) is 24.2 Å². The van der Waals surface area contributed by atoms with E-state index in [0.717, 1.165) is 23.5 Å². The molecule has 0 aliphatic rings. The largest absolute Gasteiger partial charge is 0.371 e. The second kappa shape index (κ2) is 9.18. The van der Waals surface area contributed by atoms with Crippen LogP contribution in [-0.2, 0) is 29.4 Å². The summed E-state index contributed by atoms with van der Waals surface area (Å²) in [5.74, 6) is -0.535. The number of halogens is 2. The Kier molecular flexibility index (Phi) is 6.88. The Morgan fingerprint density at radius 3 is 2.57 bits per heavy atom. The fraction of sp³-hybridized carbons (Fsp3) is 0.381. The van der Waals surface area contributed by atoms with Crippen LogP contribution in [0.3, 0.4) is 0 Å². The third kappa shape index (κ3) is 5.41. The molecule has 2 aromatic heterocycles. The fourth-order valence-electron chi connectivity index (χ4n) is 2.86. The van der Waals surface area contributed by atoms with E-state index in [1.54, 1.807) is 0 Å². The van der Waals surface area contributed by atoms with E-state index < -0.39 is 13.9 Å². The molecule has 0 radical (unpaired) electrons. The molecule has 150 valence electrons. The van der Waals surface area contributed by atoms with E-state index in [2.05, 4.69) is 24.6 Å². The Hall–Kier alpha value is -1.73. The zero-order chi connectivity index (χ0) is 20.1. The molecule has 0 aliphatic heterocycles. The fourth-order valence-corrected chi connectivity index (χ4v) is 3.86. The monoisotopic (exact) mass is 420 g/mol. The number of fused-ring (bicyclic) bond motifs is 1. The molecule has 3 rings (SSSR count). The highest BCUT2D eigenvalue weighted by atomic mass is 35.5. The topological polar surface area (TPSA) is 36.3 Å². The van der Waals surface area contributed by atoms with E-state index in [1.165, 1.54) is 0 Å². The smallest absolute Gasteiger partial charge is 0.162 e. The minimum absolute atomic E-state index is 0.0631. The van der Waals surface area contributed by atoms with Crippen molar-refractivity contribution in [3.05, 3.63) is 64.7 Å². The van der Waals surface area contributed by atoms with E-state index in [-0.39, 0.29) is 5.02 Å². The van der Waals surface area contributed by atoms with Gasteiger partial charge in [-0.1, -0.05) is 61.6 Å². The van der Waals surface area contributed by atoms with Crippen LogP contribution < -0.4 is 0 Å². The van der Waals surface area contributed by atoms with Gasteiger partial charge in [0.1, 0.15) is 11.8 Å². The highest BCUT2D eigenvalue weighted by molar-refractivity contribution is 6.76. The predicted molar refractivity (Wildman–Crippen MR) is 114 cm³/mol. The Labute approximate surface area is 171 Å². The molecule has 0 bridgehead atoms. The zero-order valence-corrected chi connectivity index (χ0v) is 18.3. The van der Waals surface area contributed by atoms with Crippen molar-refractivity contribution >= 4 is 30.7 Å². The molecule has 0 N–H and O–H groups in total. The van der Waals surface area contributed by atoms with Gasteiger partial charge in [-0.25, -0.2) is 4.39 Å². The Bertz CT molecular complexity index is 926. The molecular formula is C21H26ClFN2O2Si. The number of hydrogen-bond acceptors (Lipinski definition) is 3. The normalized spacial score (nSPS) is 12.0. The minimum atomic E-state index is -1.18. The number of rotatable bonds is 9. The third-order valence-corrected chi connectivity index (χ3v) is 6.54. The first-order valence-electron chi connectivity index (χ1n) is 9.37. The molecule has 0 spiro atoms. The highest BCUT2D eigenvalue weighted by Gasteiger charge is 2.17. The lowest BCUT2D eigenvalue weighted by Gasteiger charge is -2.17. The summed E-state index contributed by atoms with van der Waals surface area (Å²) >= 11 is 6.23. The molecule has 7 heteroatoms. The molecular weight excluding hydrogens is 395 g/mol. The molecule has 0 saturated heterocycles. The Morgan fingerprint density at radius 1 is 1.11 bits per heavy atom. The molecule has 4 nitrogen and oxygen atoms in total. The number of pyridine rings is 1.